The zero-order valence-electron chi connectivity index (χ0n) is 21.7. The van der Waals surface area contributed by atoms with Crippen LogP contribution in [-0.2, 0) is 17.6 Å². The molecule has 0 fully saturated rings. The van der Waals surface area contributed by atoms with Crippen LogP contribution in [0.3, 0.4) is 0 Å². The van der Waals surface area contributed by atoms with Crippen LogP contribution >= 0.6 is 0 Å². The van der Waals surface area contributed by atoms with Crippen molar-refractivity contribution in [2.45, 2.75) is 65.2 Å². The number of anilines is 2. The van der Waals surface area contributed by atoms with Crippen molar-refractivity contribution >= 4 is 22.4 Å². The summed E-state index contributed by atoms with van der Waals surface area (Å²) in [7, 11) is 0. The molecule has 3 aromatic heterocycles. The summed E-state index contributed by atoms with van der Waals surface area (Å²) in [6, 6.07) is 11.6. The van der Waals surface area contributed by atoms with Crippen LogP contribution in [0, 0.1) is 0 Å². The molecule has 1 aliphatic rings. The molecule has 0 spiro atoms. The number of benzene rings is 1. The first kappa shape index (κ1) is 24.2. The second-order valence-corrected chi connectivity index (χ2v) is 11.0. The molecule has 7 nitrogen and oxygen atoms in total. The van der Waals surface area contributed by atoms with E-state index in [4.69, 9.17) is 0 Å². The number of hydrogen-bond acceptors (Lipinski definition) is 5. The van der Waals surface area contributed by atoms with Gasteiger partial charge in [-0.05, 0) is 63.1 Å². The normalized spacial score (nSPS) is 15.3. The Morgan fingerprint density at radius 3 is 2.64 bits per heavy atom. The summed E-state index contributed by atoms with van der Waals surface area (Å²) < 4.78 is 18.2. The van der Waals surface area contributed by atoms with Gasteiger partial charge in [-0.1, -0.05) is 19.9 Å². The monoisotopic (exact) mass is 488 g/mol. The van der Waals surface area contributed by atoms with Crippen molar-refractivity contribution in [3.8, 4) is 5.69 Å². The van der Waals surface area contributed by atoms with Gasteiger partial charge < -0.3 is 10.6 Å². The molecule has 0 atom stereocenters. The summed E-state index contributed by atoms with van der Waals surface area (Å²) in [6.45, 7) is 13.1. The molecule has 1 aromatic carbocycles. The van der Waals surface area contributed by atoms with Crippen LogP contribution < -0.4 is 16.2 Å². The smallest absolute Gasteiger partial charge is 0.276 e. The SMILES string of the molecule is CC(C)n1c(=O)c2cnc(Nc3ccc4c(c3)CNCC4(C)C)cc2n1-c1ccnc(C(C)(C)F)c1. The first-order chi connectivity index (χ1) is 17.0. The molecule has 1 aliphatic heterocycles. The van der Waals surface area contributed by atoms with Crippen LogP contribution in [0.5, 0.6) is 0 Å². The van der Waals surface area contributed by atoms with Gasteiger partial charge in [-0.25, -0.2) is 18.7 Å². The highest BCUT2D eigenvalue weighted by Crippen LogP contribution is 2.32. The second kappa shape index (κ2) is 8.55. The number of rotatable bonds is 5. The Hall–Kier alpha value is -3.52. The Morgan fingerprint density at radius 1 is 1.14 bits per heavy atom. The molecule has 0 saturated heterocycles. The lowest BCUT2D eigenvalue weighted by Gasteiger charge is -2.33. The average molecular weight is 489 g/mol. The van der Waals surface area contributed by atoms with E-state index in [0.29, 0.717) is 28.1 Å². The van der Waals surface area contributed by atoms with Gasteiger partial charge in [-0.15, -0.1) is 0 Å². The molecule has 2 N–H and O–H groups in total. The summed E-state index contributed by atoms with van der Waals surface area (Å²) in [5.41, 5.74) is 3.56. The van der Waals surface area contributed by atoms with E-state index in [2.05, 4.69) is 52.6 Å². The molecule has 36 heavy (non-hydrogen) atoms. The Balaban J connectivity index is 1.61. The number of nitrogens with zero attached hydrogens (tertiary/aromatic N) is 4. The van der Waals surface area contributed by atoms with E-state index >= 15 is 0 Å². The fraction of sp³-hybridized carbons (Fsp3) is 0.393. The zero-order chi connectivity index (χ0) is 25.8. The van der Waals surface area contributed by atoms with E-state index in [0.717, 1.165) is 18.8 Å². The number of pyridine rings is 2. The van der Waals surface area contributed by atoms with Crippen LogP contribution in [0.25, 0.3) is 16.6 Å². The third-order valence-corrected chi connectivity index (χ3v) is 6.84. The fourth-order valence-corrected chi connectivity index (χ4v) is 5.02. The van der Waals surface area contributed by atoms with E-state index in [9.17, 15) is 9.18 Å². The Kier molecular flexibility index (Phi) is 5.75. The lowest BCUT2D eigenvalue weighted by atomic mass is 9.79. The van der Waals surface area contributed by atoms with Gasteiger partial charge in [0.2, 0.25) is 0 Å². The molecule has 0 amide bonds. The van der Waals surface area contributed by atoms with Gasteiger partial charge in [-0.3, -0.25) is 9.78 Å². The summed E-state index contributed by atoms with van der Waals surface area (Å²) in [4.78, 5) is 22.1. The molecule has 5 rings (SSSR count). The first-order valence-corrected chi connectivity index (χ1v) is 12.4. The Bertz CT molecular complexity index is 1510. The lowest BCUT2D eigenvalue weighted by molar-refractivity contribution is 0.214. The fourth-order valence-electron chi connectivity index (χ4n) is 5.02. The molecular weight excluding hydrogens is 455 g/mol. The maximum atomic E-state index is 14.7. The van der Waals surface area contributed by atoms with Gasteiger partial charge in [0.15, 0.2) is 0 Å². The van der Waals surface area contributed by atoms with Crippen molar-refractivity contribution in [2.75, 3.05) is 11.9 Å². The van der Waals surface area contributed by atoms with E-state index in [-0.39, 0.29) is 17.0 Å². The molecule has 188 valence electrons. The van der Waals surface area contributed by atoms with Crippen molar-refractivity contribution in [1.29, 1.82) is 0 Å². The molecule has 8 heteroatoms. The second-order valence-electron chi connectivity index (χ2n) is 11.0. The maximum absolute atomic E-state index is 14.7. The number of halogens is 1. The first-order valence-electron chi connectivity index (χ1n) is 12.4. The van der Waals surface area contributed by atoms with Crippen LogP contribution in [0.15, 0.2) is 53.6 Å². The van der Waals surface area contributed by atoms with Crippen molar-refractivity contribution in [1.82, 2.24) is 24.6 Å². The maximum Gasteiger partial charge on any atom is 0.276 e. The number of hydrogen-bond donors (Lipinski definition) is 2. The third kappa shape index (κ3) is 4.19. The van der Waals surface area contributed by atoms with Gasteiger partial charge in [0.1, 0.15) is 11.5 Å². The van der Waals surface area contributed by atoms with Crippen LogP contribution in [0.4, 0.5) is 15.9 Å². The van der Waals surface area contributed by atoms with Crippen molar-refractivity contribution in [2.24, 2.45) is 0 Å². The van der Waals surface area contributed by atoms with Crippen LogP contribution in [0.2, 0.25) is 0 Å². The number of nitrogens with one attached hydrogen (secondary N) is 2. The molecule has 0 unspecified atom stereocenters. The van der Waals surface area contributed by atoms with Gasteiger partial charge in [-0.2, -0.15) is 0 Å². The molecule has 0 aliphatic carbocycles. The molecule has 4 heterocycles. The highest BCUT2D eigenvalue weighted by Gasteiger charge is 2.27. The number of fused-ring (bicyclic) bond motifs is 2. The van der Waals surface area contributed by atoms with Gasteiger partial charge >= 0.3 is 0 Å². The topological polar surface area (TPSA) is 76.8 Å². The minimum atomic E-state index is -1.61. The predicted octanol–water partition coefficient (Wildman–Crippen LogP) is 5.49. The van der Waals surface area contributed by atoms with E-state index < -0.39 is 5.67 Å². The molecule has 0 bridgehead atoms. The van der Waals surface area contributed by atoms with E-state index in [1.54, 1.807) is 29.2 Å². The third-order valence-electron chi connectivity index (χ3n) is 6.84. The van der Waals surface area contributed by atoms with Crippen molar-refractivity contribution in [3.05, 3.63) is 76.0 Å². The van der Waals surface area contributed by atoms with Crippen LogP contribution in [0.1, 0.15) is 64.4 Å². The minimum absolute atomic E-state index is 0.0800. The Labute approximate surface area is 210 Å². The van der Waals surface area contributed by atoms with Crippen molar-refractivity contribution in [3.63, 3.8) is 0 Å². The van der Waals surface area contributed by atoms with Gasteiger partial charge in [0.05, 0.1) is 22.3 Å². The van der Waals surface area contributed by atoms with E-state index in [1.165, 1.54) is 25.0 Å². The predicted molar refractivity (Wildman–Crippen MR) is 142 cm³/mol. The summed E-state index contributed by atoms with van der Waals surface area (Å²) in [5.74, 6) is 0.625. The summed E-state index contributed by atoms with van der Waals surface area (Å²) >= 11 is 0. The number of alkyl halides is 1. The molecule has 0 radical (unpaired) electrons. The summed E-state index contributed by atoms with van der Waals surface area (Å²) in [6.07, 6.45) is 3.19. The zero-order valence-corrected chi connectivity index (χ0v) is 21.7. The van der Waals surface area contributed by atoms with Crippen molar-refractivity contribution < 1.29 is 4.39 Å². The quantitative estimate of drug-likeness (QED) is 0.388. The lowest BCUT2D eigenvalue weighted by Crippen LogP contribution is -2.38. The minimum Gasteiger partial charge on any atom is -0.340 e. The highest BCUT2D eigenvalue weighted by molar-refractivity contribution is 5.83. The van der Waals surface area contributed by atoms with Gasteiger partial charge in [0, 0.05) is 48.7 Å². The van der Waals surface area contributed by atoms with E-state index in [1.807, 2.05) is 24.6 Å². The number of aromatic nitrogens is 4. The standard InChI is InChI=1S/C28H33FN6O/c1-17(2)34-26(36)21-15-32-25(33-19-7-8-22-18(11-19)14-30-16-27(22,3)4)13-23(21)35(34)20-9-10-31-24(12-20)28(5,6)29/h7-13,15,17,30H,14,16H2,1-6H3,(H,32,33). The average Bonchev–Trinajstić information content (AvgIpc) is 3.10. The van der Waals surface area contributed by atoms with Gasteiger partial charge in [0.25, 0.3) is 5.56 Å². The molecule has 4 aromatic rings. The summed E-state index contributed by atoms with van der Waals surface area (Å²) in [5, 5.41) is 7.40. The van der Waals surface area contributed by atoms with Crippen LogP contribution in [-0.4, -0.2) is 25.9 Å². The molecular formula is C28H33FN6O. The Morgan fingerprint density at radius 2 is 1.92 bits per heavy atom. The highest BCUT2D eigenvalue weighted by atomic mass is 19.1. The molecule has 0 saturated carbocycles. The largest absolute Gasteiger partial charge is 0.340 e.